The van der Waals surface area contributed by atoms with Gasteiger partial charge in [-0.25, -0.2) is 9.18 Å². The van der Waals surface area contributed by atoms with E-state index in [2.05, 4.69) is 11.8 Å². The summed E-state index contributed by atoms with van der Waals surface area (Å²) in [5.41, 5.74) is 0.689. The molecule has 1 aromatic rings. The van der Waals surface area contributed by atoms with Crippen LogP contribution >= 0.6 is 0 Å². The lowest BCUT2D eigenvalue weighted by atomic mass is 10.1. The normalized spacial score (nSPS) is 20.4. The maximum atomic E-state index is 13.4. The fourth-order valence-corrected chi connectivity index (χ4v) is 2.37. The van der Waals surface area contributed by atoms with E-state index in [1.165, 1.54) is 12.1 Å². The highest BCUT2D eigenvalue weighted by Crippen LogP contribution is 2.17. The number of carbonyl (C=O) groups is 1. The number of hydrogen-bond acceptors (Lipinski definition) is 3. The summed E-state index contributed by atoms with van der Waals surface area (Å²) in [6, 6.07) is 4.29. The van der Waals surface area contributed by atoms with Gasteiger partial charge in [0.2, 0.25) is 0 Å². The number of nitrogens with zero attached hydrogens (tertiary/aromatic N) is 1. The van der Waals surface area contributed by atoms with E-state index in [0.717, 1.165) is 19.0 Å². The highest BCUT2D eigenvalue weighted by molar-refractivity contribution is 5.87. The maximum absolute atomic E-state index is 13.4. The van der Waals surface area contributed by atoms with Gasteiger partial charge in [0, 0.05) is 19.1 Å². The van der Waals surface area contributed by atoms with Crippen LogP contribution in [0, 0.1) is 5.82 Å². The van der Waals surface area contributed by atoms with Gasteiger partial charge >= 0.3 is 5.97 Å². The van der Waals surface area contributed by atoms with Crippen molar-refractivity contribution in [1.29, 1.82) is 0 Å². The Bertz CT molecular complexity index is 464. The second-order valence-electron chi connectivity index (χ2n) is 4.76. The SMILES string of the molecule is CCC1COCCN1Cc1cc(F)cc(C(=O)O)c1. The number of morpholine rings is 1. The molecule has 1 N–H and O–H groups in total. The number of benzene rings is 1. The average Bonchev–Trinajstić information content (AvgIpc) is 2.38. The van der Waals surface area contributed by atoms with Gasteiger partial charge < -0.3 is 9.84 Å². The van der Waals surface area contributed by atoms with Crippen molar-refractivity contribution in [2.45, 2.75) is 25.9 Å². The van der Waals surface area contributed by atoms with Crippen molar-refractivity contribution in [1.82, 2.24) is 4.90 Å². The van der Waals surface area contributed by atoms with Crippen LogP contribution in [0.4, 0.5) is 4.39 Å². The van der Waals surface area contributed by atoms with Crippen molar-refractivity contribution in [3.63, 3.8) is 0 Å². The maximum Gasteiger partial charge on any atom is 0.335 e. The Morgan fingerprint density at radius 2 is 2.32 bits per heavy atom. The largest absolute Gasteiger partial charge is 0.478 e. The molecule has 0 amide bonds. The molecule has 0 bridgehead atoms. The van der Waals surface area contributed by atoms with Gasteiger partial charge in [-0.1, -0.05) is 6.92 Å². The Morgan fingerprint density at radius 3 is 3.00 bits per heavy atom. The zero-order valence-electron chi connectivity index (χ0n) is 10.9. The highest BCUT2D eigenvalue weighted by atomic mass is 19.1. The molecule has 0 radical (unpaired) electrons. The summed E-state index contributed by atoms with van der Waals surface area (Å²) in [4.78, 5) is 13.1. The van der Waals surface area contributed by atoms with E-state index in [9.17, 15) is 9.18 Å². The predicted molar refractivity (Wildman–Crippen MR) is 68.7 cm³/mol. The molecule has 19 heavy (non-hydrogen) atoms. The molecule has 1 aliphatic rings. The first-order valence-corrected chi connectivity index (χ1v) is 6.44. The summed E-state index contributed by atoms with van der Waals surface area (Å²) in [6.07, 6.45) is 0.959. The second kappa shape index (κ2) is 6.12. The van der Waals surface area contributed by atoms with Crippen LogP contribution in [-0.2, 0) is 11.3 Å². The van der Waals surface area contributed by atoms with E-state index in [4.69, 9.17) is 9.84 Å². The van der Waals surface area contributed by atoms with Crippen LogP contribution in [-0.4, -0.2) is 41.8 Å². The van der Waals surface area contributed by atoms with Gasteiger partial charge in [0.05, 0.1) is 18.8 Å². The number of aromatic carboxylic acids is 1. The number of carboxylic acids is 1. The van der Waals surface area contributed by atoms with Crippen molar-refractivity contribution in [3.8, 4) is 0 Å². The minimum absolute atomic E-state index is 0.00342. The minimum Gasteiger partial charge on any atom is -0.478 e. The fourth-order valence-electron chi connectivity index (χ4n) is 2.37. The zero-order valence-corrected chi connectivity index (χ0v) is 10.9. The average molecular weight is 267 g/mol. The molecule has 1 atom stereocenters. The first kappa shape index (κ1) is 14.0. The Balaban J connectivity index is 2.15. The molecule has 0 aromatic heterocycles. The Kier molecular flexibility index (Phi) is 4.50. The third kappa shape index (κ3) is 3.52. The monoisotopic (exact) mass is 267 g/mol. The summed E-state index contributed by atoms with van der Waals surface area (Å²) < 4.78 is 18.8. The number of rotatable bonds is 4. The molecular weight excluding hydrogens is 249 g/mol. The van der Waals surface area contributed by atoms with Gasteiger partial charge in [-0.15, -0.1) is 0 Å². The van der Waals surface area contributed by atoms with Crippen LogP contribution < -0.4 is 0 Å². The van der Waals surface area contributed by atoms with Gasteiger partial charge in [-0.3, -0.25) is 4.90 Å². The zero-order chi connectivity index (χ0) is 13.8. The molecule has 0 aliphatic carbocycles. The summed E-state index contributed by atoms with van der Waals surface area (Å²) in [7, 11) is 0. The molecule has 1 unspecified atom stereocenters. The molecule has 1 heterocycles. The Morgan fingerprint density at radius 1 is 1.53 bits per heavy atom. The van der Waals surface area contributed by atoms with E-state index in [0.29, 0.717) is 31.4 Å². The van der Waals surface area contributed by atoms with Crippen LogP contribution in [0.3, 0.4) is 0 Å². The van der Waals surface area contributed by atoms with Crippen molar-refractivity contribution in [2.24, 2.45) is 0 Å². The first-order valence-electron chi connectivity index (χ1n) is 6.44. The van der Waals surface area contributed by atoms with Crippen LogP contribution in [0.5, 0.6) is 0 Å². The van der Waals surface area contributed by atoms with E-state index < -0.39 is 11.8 Å². The van der Waals surface area contributed by atoms with Crippen molar-refractivity contribution in [3.05, 3.63) is 35.1 Å². The molecule has 1 aromatic carbocycles. The number of halogens is 1. The summed E-state index contributed by atoms with van der Waals surface area (Å²) in [5, 5.41) is 8.94. The Hall–Kier alpha value is -1.46. The molecule has 2 rings (SSSR count). The quantitative estimate of drug-likeness (QED) is 0.908. The van der Waals surface area contributed by atoms with Gasteiger partial charge in [0.15, 0.2) is 0 Å². The van der Waals surface area contributed by atoms with Gasteiger partial charge in [0.25, 0.3) is 0 Å². The molecule has 4 nitrogen and oxygen atoms in total. The highest BCUT2D eigenvalue weighted by Gasteiger charge is 2.21. The van der Waals surface area contributed by atoms with E-state index in [-0.39, 0.29) is 5.56 Å². The van der Waals surface area contributed by atoms with Crippen LogP contribution in [0.15, 0.2) is 18.2 Å². The molecule has 1 fully saturated rings. The lowest BCUT2D eigenvalue weighted by molar-refractivity contribution is -0.0127. The summed E-state index contributed by atoms with van der Waals surface area (Å²) in [6.45, 7) is 4.77. The third-order valence-electron chi connectivity index (χ3n) is 3.41. The lowest BCUT2D eigenvalue weighted by Gasteiger charge is -2.35. The van der Waals surface area contributed by atoms with Crippen LogP contribution in [0.25, 0.3) is 0 Å². The van der Waals surface area contributed by atoms with Gasteiger partial charge in [-0.05, 0) is 30.2 Å². The summed E-state index contributed by atoms with van der Waals surface area (Å²) >= 11 is 0. The van der Waals surface area contributed by atoms with E-state index in [1.54, 1.807) is 0 Å². The van der Waals surface area contributed by atoms with Gasteiger partial charge in [0.1, 0.15) is 5.82 Å². The second-order valence-corrected chi connectivity index (χ2v) is 4.76. The fraction of sp³-hybridized carbons (Fsp3) is 0.500. The first-order chi connectivity index (χ1) is 9.10. The van der Waals surface area contributed by atoms with Crippen molar-refractivity contribution in [2.75, 3.05) is 19.8 Å². The number of hydrogen-bond donors (Lipinski definition) is 1. The molecule has 1 aliphatic heterocycles. The van der Waals surface area contributed by atoms with Crippen LogP contribution in [0.1, 0.15) is 29.3 Å². The number of carboxylic acid groups (broad SMARTS) is 1. The van der Waals surface area contributed by atoms with Gasteiger partial charge in [-0.2, -0.15) is 0 Å². The lowest BCUT2D eigenvalue weighted by Crippen LogP contribution is -2.44. The summed E-state index contributed by atoms with van der Waals surface area (Å²) in [5.74, 6) is -1.61. The Labute approximate surface area is 111 Å². The standard InChI is InChI=1S/C14H18FNO3/c1-2-13-9-19-4-3-16(13)8-10-5-11(14(17)18)7-12(15)6-10/h5-7,13H,2-4,8-9H2,1H3,(H,17,18). The van der Waals surface area contributed by atoms with E-state index in [1.807, 2.05) is 0 Å². The molecule has 104 valence electrons. The molecular formula is C14H18FNO3. The smallest absolute Gasteiger partial charge is 0.335 e. The molecule has 0 spiro atoms. The molecule has 0 saturated carbocycles. The van der Waals surface area contributed by atoms with E-state index >= 15 is 0 Å². The van der Waals surface area contributed by atoms with Crippen molar-refractivity contribution < 1.29 is 19.0 Å². The predicted octanol–water partition coefficient (Wildman–Crippen LogP) is 2.13. The van der Waals surface area contributed by atoms with Crippen LogP contribution in [0.2, 0.25) is 0 Å². The third-order valence-corrected chi connectivity index (χ3v) is 3.41. The molecule has 1 saturated heterocycles. The van der Waals surface area contributed by atoms with Crippen molar-refractivity contribution >= 4 is 5.97 Å². The topological polar surface area (TPSA) is 49.8 Å². The molecule has 5 heteroatoms. The number of ether oxygens (including phenoxy) is 1. The minimum atomic E-state index is -1.10.